The van der Waals surface area contributed by atoms with Crippen LogP contribution in [0, 0.1) is 6.92 Å². The van der Waals surface area contributed by atoms with Crippen molar-refractivity contribution in [1.29, 1.82) is 0 Å². The lowest BCUT2D eigenvalue weighted by atomic mass is 10.0. The van der Waals surface area contributed by atoms with Gasteiger partial charge in [0.05, 0.1) is 4.90 Å². The van der Waals surface area contributed by atoms with E-state index in [4.69, 9.17) is 16.3 Å². The molecule has 2 unspecified atom stereocenters. The number of rotatable bonds is 4. The van der Waals surface area contributed by atoms with Gasteiger partial charge in [0.25, 0.3) is 0 Å². The molecule has 0 aliphatic carbocycles. The van der Waals surface area contributed by atoms with Gasteiger partial charge in [-0.25, -0.2) is 13.4 Å². The van der Waals surface area contributed by atoms with Crippen LogP contribution in [0.1, 0.15) is 31.2 Å². The van der Waals surface area contributed by atoms with Crippen LogP contribution >= 0.6 is 11.6 Å². The minimum Gasteiger partial charge on any atom is -0.474 e. The lowest BCUT2D eigenvalue weighted by Crippen LogP contribution is -2.49. The van der Waals surface area contributed by atoms with E-state index in [-0.39, 0.29) is 18.2 Å². The molecule has 0 amide bonds. The van der Waals surface area contributed by atoms with Crippen LogP contribution in [0.5, 0.6) is 5.88 Å². The fourth-order valence-electron chi connectivity index (χ4n) is 4.14. The SMILES string of the molecule is Cc1c(Cl)cccc1S(=O)(=O)N1C2CCC1CC(Oc1ccccn1)C2. The molecule has 4 rings (SSSR count). The van der Waals surface area contributed by atoms with Gasteiger partial charge in [-0.3, -0.25) is 0 Å². The number of nitrogens with zero attached hydrogens (tertiary/aromatic N) is 2. The highest BCUT2D eigenvalue weighted by Crippen LogP contribution is 2.41. The molecule has 3 heterocycles. The van der Waals surface area contributed by atoms with E-state index in [9.17, 15) is 8.42 Å². The van der Waals surface area contributed by atoms with E-state index in [1.54, 1.807) is 35.6 Å². The number of hydrogen-bond donors (Lipinski definition) is 0. The average molecular weight is 393 g/mol. The predicted molar refractivity (Wildman–Crippen MR) is 99.9 cm³/mol. The fourth-order valence-corrected chi connectivity index (χ4v) is 6.51. The molecular formula is C19H21ClN2O3S. The van der Waals surface area contributed by atoms with Gasteiger partial charge in [-0.05, 0) is 43.5 Å². The number of fused-ring (bicyclic) bond motifs is 2. The number of sulfonamides is 1. The van der Waals surface area contributed by atoms with Gasteiger partial charge in [-0.15, -0.1) is 0 Å². The number of benzene rings is 1. The summed E-state index contributed by atoms with van der Waals surface area (Å²) in [7, 11) is -3.57. The lowest BCUT2D eigenvalue weighted by Gasteiger charge is -2.37. The first-order valence-corrected chi connectivity index (χ1v) is 10.6. The third-order valence-electron chi connectivity index (χ3n) is 5.32. The summed E-state index contributed by atoms with van der Waals surface area (Å²) in [5.41, 5.74) is 0.612. The molecule has 2 bridgehead atoms. The minimum absolute atomic E-state index is 0.00527. The molecule has 26 heavy (non-hydrogen) atoms. The van der Waals surface area contributed by atoms with E-state index in [0.29, 0.717) is 34.2 Å². The molecule has 0 N–H and O–H groups in total. The highest BCUT2D eigenvalue weighted by molar-refractivity contribution is 7.89. The molecule has 0 radical (unpaired) electrons. The number of aromatic nitrogens is 1. The van der Waals surface area contributed by atoms with E-state index in [1.165, 1.54) is 0 Å². The molecule has 7 heteroatoms. The number of pyridine rings is 1. The molecule has 2 aliphatic rings. The van der Waals surface area contributed by atoms with Gasteiger partial charge in [0.1, 0.15) is 6.10 Å². The molecule has 0 saturated carbocycles. The molecule has 0 spiro atoms. The molecule has 1 aromatic heterocycles. The summed E-state index contributed by atoms with van der Waals surface area (Å²) < 4.78 is 34.3. The standard InChI is InChI=1S/C19H21ClN2O3S/c1-13-17(20)5-4-6-18(13)26(23,24)22-14-8-9-15(22)12-16(11-14)25-19-7-2-3-10-21-19/h2-7,10,14-16H,8-9,11-12H2,1H3. The first-order valence-electron chi connectivity index (χ1n) is 8.83. The van der Waals surface area contributed by atoms with E-state index in [0.717, 1.165) is 12.8 Å². The third kappa shape index (κ3) is 3.10. The van der Waals surface area contributed by atoms with Crippen molar-refractivity contribution in [2.45, 2.75) is 55.7 Å². The van der Waals surface area contributed by atoms with Crippen molar-refractivity contribution < 1.29 is 13.2 Å². The fraction of sp³-hybridized carbons (Fsp3) is 0.421. The molecule has 2 aromatic rings. The van der Waals surface area contributed by atoms with Gasteiger partial charge in [0, 0.05) is 42.2 Å². The van der Waals surface area contributed by atoms with Gasteiger partial charge in [0.2, 0.25) is 15.9 Å². The zero-order valence-corrected chi connectivity index (χ0v) is 16.1. The van der Waals surface area contributed by atoms with Crippen LogP contribution in [0.15, 0.2) is 47.5 Å². The number of piperidine rings is 1. The Morgan fingerprint density at radius 3 is 2.50 bits per heavy atom. The summed E-state index contributed by atoms with van der Waals surface area (Å²) in [5.74, 6) is 0.596. The molecule has 1 aromatic carbocycles. The molecule has 2 aliphatic heterocycles. The van der Waals surface area contributed by atoms with Crippen LogP contribution in [0.25, 0.3) is 0 Å². The highest BCUT2D eigenvalue weighted by Gasteiger charge is 2.48. The van der Waals surface area contributed by atoms with Gasteiger partial charge < -0.3 is 4.74 Å². The smallest absolute Gasteiger partial charge is 0.243 e. The Balaban J connectivity index is 1.57. The highest BCUT2D eigenvalue weighted by atomic mass is 35.5. The summed E-state index contributed by atoms with van der Waals surface area (Å²) in [6.45, 7) is 1.76. The third-order valence-corrected chi connectivity index (χ3v) is 7.88. The summed E-state index contributed by atoms with van der Waals surface area (Å²) in [6, 6.07) is 10.6. The van der Waals surface area contributed by atoms with Crippen molar-refractivity contribution in [3.05, 3.63) is 53.2 Å². The maximum atomic E-state index is 13.3. The summed E-state index contributed by atoms with van der Waals surface area (Å²) in [6.07, 6.45) is 4.80. The van der Waals surface area contributed by atoms with Crippen LogP contribution in [-0.2, 0) is 10.0 Å². The Bertz CT molecular complexity index is 890. The quantitative estimate of drug-likeness (QED) is 0.793. The number of halogens is 1. The van der Waals surface area contributed by atoms with E-state index in [2.05, 4.69) is 4.98 Å². The summed E-state index contributed by atoms with van der Waals surface area (Å²) in [5, 5.41) is 0.479. The Morgan fingerprint density at radius 1 is 1.12 bits per heavy atom. The average Bonchev–Trinajstić information content (AvgIpc) is 2.90. The number of hydrogen-bond acceptors (Lipinski definition) is 4. The largest absolute Gasteiger partial charge is 0.474 e. The topological polar surface area (TPSA) is 59.5 Å². The van der Waals surface area contributed by atoms with E-state index in [1.807, 2.05) is 18.2 Å². The van der Waals surface area contributed by atoms with Crippen LogP contribution in [-0.4, -0.2) is 35.9 Å². The monoisotopic (exact) mass is 392 g/mol. The van der Waals surface area contributed by atoms with E-state index < -0.39 is 10.0 Å². The van der Waals surface area contributed by atoms with Crippen LogP contribution in [0.3, 0.4) is 0 Å². The first kappa shape index (κ1) is 17.8. The maximum Gasteiger partial charge on any atom is 0.243 e. The predicted octanol–water partition coefficient (Wildman–Crippen LogP) is 3.81. The van der Waals surface area contributed by atoms with Gasteiger partial charge in [0.15, 0.2) is 0 Å². The summed E-state index contributed by atoms with van der Waals surface area (Å²) >= 11 is 6.15. The Morgan fingerprint density at radius 2 is 1.85 bits per heavy atom. The van der Waals surface area contributed by atoms with Crippen molar-refractivity contribution in [2.24, 2.45) is 0 Å². The van der Waals surface area contributed by atoms with Crippen molar-refractivity contribution in [2.75, 3.05) is 0 Å². The molecule has 5 nitrogen and oxygen atoms in total. The second-order valence-electron chi connectivity index (χ2n) is 6.96. The van der Waals surface area contributed by atoms with Crippen LogP contribution in [0.2, 0.25) is 5.02 Å². The van der Waals surface area contributed by atoms with Crippen molar-refractivity contribution >= 4 is 21.6 Å². The molecule has 138 valence electrons. The Labute approximate surface area is 159 Å². The van der Waals surface area contributed by atoms with Gasteiger partial charge >= 0.3 is 0 Å². The zero-order chi connectivity index (χ0) is 18.3. The lowest BCUT2D eigenvalue weighted by molar-refractivity contribution is 0.0918. The minimum atomic E-state index is -3.57. The maximum absolute atomic E-state index is 13.3. The van der Waals surface area contributed by atoms with Crippen LogP contribution < -0.4 is 4.74 Å². The normalized spacial score (nSPS) is 26.0. The van der Waals surface area contributed by atoms with Crippen LogP contribution in [0.4, 0.5) is 0 Å². The van der Waals surface area contributed by atoms with Crippen molar-refractivity contribution in [1.82, 2.24) is 9.29 Å². The zero-order valence-electron chi connectivity index (χ0n) is 14.5. The second kappa shape index (κ2) is 6.83. The summed E-state index contributed by atoms with van der Waals surface area (Å²) in [4.78, 5) is 4.52. The second-order valence-corrected chi connectivity index (χ2v) is 9.18. The van der Waals surface area contributed by atoms with Crippen molar-refractivity contribution in [3.8, 4) is 5.88 Å². The first-order chi connectivity index (χ1) is 12.5. The number of ether oxygens (including phenoxy) is 1. The molecule has 2 atom stereocenters. The Kier molecular flexibility index (Phi) is 4.67. The van der Waals surface area contributed by atoms with Gasteiger partial charge in [-0.1, -0.05) is 23.7 Å². The van der Waals surface area contributed by atoms with Gasteiger partial charge in [-0.2, -0.15) is 4.31 Å². The Hall–Kier alpha value is -1.63. The molecule has 2 fully saturated rings. The van der Waals surface area contributed by atoms with E-state index >= 15 is 0 Å². The molecule has 2 saturated heterocycles. The van der Waals surface area contributed by atoms with Crippen molar-refractivity contribution in [3.63, 3.8) is 0 Å². The molecular weight excluding hydrogens is 372 g/mol.